The second-order valence-electron chi connectivity index (χ2n) is 10.4. The van der Waals surface area contributed by atoms with Crippen molar-refractivity contribution in [2.75, 3.05) is 5.32 Å². The van der Waals surface area contributed by atoms with Crippen LogP contribution in [0.15, 0.2) is 30.5 Å². The van der Waals surface area contributed by atoms with Crippen molar-refractivity contribution in [3.05, 3.63) is 41.0 Å². The first kappa shape index (κ1) is 20.8. The van der Waals surface area contributed by atoms with Crippen LogP contribution in [0.3, 0.4) is 0 Å². The van der Waals surface area contributed by atoms with Crippen LogP contribution >= 0.6 is 11.3 Å². The maximum Gasteiger partial charge on any atom is 0.249 e. The van der Waals surface area contributed by atoms with Crippen molar-refractivity contribution in [3.63, 3.8) is 0 Å². The van der Waals surface area contributed by atoms with Gasteiger partial charge < -0.3 is 10.3 Å². The molecule has 4 bridgehead atoms. The van der Waals surface area contributed by atoms with Crippen molar-refractivity contribution >= 4 is 39.2 Å². The summed E-state index contributed by atoms with van der Waals surface area (Å²) in [4.78, 5) is 28.3. The Balaban J connectivity index is 1.20. The van der Waals surface area contributed by atoms with Gasteiger partial charge in [-0.25, -0.2) is 0 Å². The molecule has 0 radical (unpaired) electrons. The van der Waals surface area contributed by atoms with Crippen molar-refractivity contribution < 1.29 is 9.59 Å². The molecular formula is C25H29N5O2S. The van der Waals surface area contributed by atoms with Gasteiger partial charge in [-0.3, -0.25) is 14.9 Å². The topological polar surface area (TPSA) is 99.8 Å². The number of H-pyrrole nitrogens is 1. The molecular weight excluding hydrogens is 434 g/mol. The molecule has 1 aromatic carbocycles. The minimum atomic E-state index is -0.686. The summed E-state index contributed by atoms with van der Waals surface area (Å²) in [7, 11) is 0. The molecule has 33 heavy (non-hydrogen) atoms. The fourth-order valence-corrected chi connectivity index (χ4v) is 7.99. The number of carbonyl (C=O) groups is 2. The summed E-state index contributed by atoms with van der Waals surface area (Å²) in [6.07, 6.45) is 10.1. The highest BCUT2D eigenvalue weighted by molar-refractivity contribution is 7.15. The summed E-state index contributed by atoms with van der Waals surface area (Å²) in [5.41, 5.74) is 2.17. The summed E-state index contributed by atoms with van der Waals surface area (Å²) in [5.74, 6) is 2.00. The van der Waals surface area contributed by atoms with Crippen LogP contribution in [-0.4, -0.2) is 33.0 Å². The Kier molecular flexibility index (Phi) is 5.01. The van der Waals surface area contributed by atoms with Crippen molar-refractivity contribution in [1.82, 2.24) is 20.5 Å². The van der Waals surface area contributed by atoms with Crippen LogP contribution in [-0.2, 0) is 21.4 Å². The zero-order valence-electron chi connectivity index (χ0n) is 18.8. The van der Waals surface area contributed by atoms with Gasteiger partial charge in [0, 0.05) is 35.9 Å². The lowest BCUT2D eigenvalue weighted by molar-refractivity contribution is -0.125. The van der Waals surface area contributed by atoms with E-state index in [1.165, 1.54) is 56.8 Å². The number of amides is 2. The van der Waals surface area contributed by atoms with Crippen molar-refractivity contribution in [1.29, 1.82) is 0 Å². The van der Waals surface area contributed by atoms with E-state index < -0.39 is 6.04 Å². The third-order valence-electron chi connectivity index (χ3n) is 7.94. The number of benzene rings is 1. The van der Waals surface area contributed by atoms with E-state index in [2.05, 4.69) is 25.8 Å². The van der Waals surface area contributed by atoms with Gasteiger partial charge in [-0.05, 0) is 67.9 Å². The monoisotopic (exact) mass is 463 g/mol. The first-order chi connectivity index (χ1) is 16.0. The van der Waals surface area contributed by atoms with Crippen LogP contribution in [0.4, 0.5) is 5.13 Å². The third-order valence-corrected chi connectivity index (χ3v) is 9.03. The summed E-state index contributed by atoms with van der Waals surface area (Å²) in [5, 5.41) is 17.3. The van der Waals surface area contributed by atoms with Crippen molar-refractivity contribution in [2.24, 2.45) is 17.8 Å². The lowest BCUT2D eigenvalue weighted by Gasteiger charge is -2.55. The molecule has 2 heterocycles. The van der Waals surface area contributed by atoms with E-state index in [1.807, 2.05) is 30.5 Å². The fraction of sp³-hybridized carbons (Fsp3) is 0.520. The Bertz CT molecular complexity index is 1180. The normalized spacial score (nSPS) is 28.7. The number of nitrogens with one attached hydrogen (secondary N) is 3. The number of hydrogen-bond acceptors (Lipinski definition) is 5. The Labute approximate surface area is 196 Å². The van der Waals surface area contributed by atoms with E-state index in [4.69, 9.17) is 0 Å². The van der Waals surface area contributed by atoms with Gasteiger partial charge in [-0.15, -0.1) is 10.2 Å². The number of aromatic nitrogens is 3. The molecule has 0 aliphatic heterocycles. The van der Waals surface area contributed by atoms with Crippen LogP contribution in [0, 0.1) is 17.8 Å². The molecule has 0 saturated heterocycles. The molecule has 3 aromatic rings. The van der Waals surface area contributed by atoms with E-state index in [9.17, 15) is 9.59 Å². The van der Waals surface area contributed by atoms with Crippen LogP contribution in [0.2, 0.25) is 0 Å². The Hall–Kier alpha value is -2.74. The van der Waals surface area contributed by atoms with Gasteiger partial charge in [0.25, 0.3) is 0 Å². The number of carbonyl (C=O) groups excluding carboxylic acids is 2. The van der Waals surface area contributed by atoms with Crippen molar-refractivity contribution in [3.8, 4) is 0 Å². The number of hydrogen-bond donors (Lipinski definition) is 3. The van der Waals surface area contributed by atoms with E-state index in [-0.39, 0.29) is 17.2 Å². The van der Waals surface area contributed by atoms with Gasteiger partial charge in [0.1, 0.15) is 11.0 Å². The molecule has 4 saturated carbocycles. The molecule has 3 N–H and O–H groups in total. The van der Waals surface area contributed by atoms with Gasteiger partial charge in [0.05, 0.1) is 0 Å². The highest BCUT2D eigenvalue weighted by Gasteiger charge is 2.53. The maximum atomic E-state index is 13.2. The predicted molar refractivity (Wildman–Crippen MR) is 128 cm³/mol. The lowest BCUT2D eigenvalue weighted by Crippen LogP contribution is -2.48. The first-order valence-corrected chi connectivity index (χ1v) is 12.8. The smallest absolute Gasteiger partial charge is 0.249 e. The number of para-hydroxylation sites is 1. The Morgan fingerprint density at radius 2 is 1.82 bits per heavy atom. The largest absolute Gasteiger partial charge is 0.361 e. The van der Waals surface area contributed by atoms with E-state index in [1.54, 1.807) is 0 Å². The molecule has 0 spiro atoms. The Morgan fingerprint density at radius 3 is 2.52 bits per heavy atom. The minimum Gasteiger partial charge on any atom is -0.361 e. The maximum absolute atomic E-state index is 13.2. The summed E-state index contributed by atoms with van der Waals surface area (Å²) >= 11 is 1.52. The summed E-state index contributed by atoms with van der Waals surface area (Å²) in [6.45, 7) is 1.44. The van der Waals surface area contributed by atoms with Crippen LogP contribution in [0.5, 0.6) is 0 Å². The van der Waals surface area contributed by atoms with Gasteiger partial charge in [0.2, 0.25) is 16.9 Å². The highest BCUT2D eigenvalue weighted by atomic mass is 32.1. The zero-order valence-corrected chi connectivity index (χ0v) is 19.6. The van der Waals surface area contributed by atoms with Crippen LogP contribution in [0.1, 0.15) is 56.0 Å². The molecule has 4 aliphatic carbocycles. The fourth-order valence-electron chi connectivity index (χ4n) is 7.03. The Morgan fingerprint density at radius 1 is 1.12 bits per heavy atom. The zero-order chi connectivity index (χ0) is 22.6. The second kappa shape index (κ2) is 7.94. The van der Waals surface area contributed by atoms with E-state index in [0.717, 1.165) is 39.2 Å². The van der Waals surface area contributed by atoms with E-state index >= 15 is 0 Å². The van der Waals surface area contributed by atoms with Gasteiger partial charge in [0.15, 0.2) is 0 Å². The van der Waals surface area contributed by atoms with Gasteiger partial charge >= 0.3 is 0 Å². The SMILES string of the molecule is CC(=O)NC(Cc1c[nH]c2ccccc12)C(=O)Nc1nnc(C23CC4CC(CC(C4)C2)C3)s1. The molecule has 172 valence electrons. The predicted octanol–water partition coefficient (Wildman–Crippen LogP) is 4.17. The average molecular weight is 464 g/mol. The van der Waals surface area contributed by atoms with E-state index in [0.29, 0.717) is 11.6 Å². The standard InChI is InChI=1S/C25H29N5O2S/c1-14(31)27-21(9-18-13-26-20-5-3-2-4-19(18)20)22(32)28-24-30-29-23(33-24)25-10-15-6-16(11-25)8-17(7-15)12-25/h2-5,13,15-17,21,26H,6-12H2,1H3,(H,27,31)(H,28,30,32). The average Bonchev–Trinajstić information content (AvgIpc) is 3.40. The molecule has 1 atom stereocenters. The number of rotatable bonds is 6. The molecule has 2 amide bonds. The van der Waals surface area contributed by atoms with Gasteiger partial charge in [-0.1, -0.05) is 29.5 Å². The second-order valence-corrected chi connectivity index (χ2v) is 11.4. The third kappa shape index (κ3) is 3.84. The highest BCUT2D eigenvalue weighted by Crippen LogP contribution is 2.61. The first-order valence-electron chi connectivity index (χ1n) is 11.9. The number of nitrogens with zero attached hydrogens (tertiary/aromatic N) is 2. The molecule has 7 nitrogen and oxygen atoms in total. The van der Waals surface area contributed by atoms with Crippen LogP contribution < -0.4 is 10.6 Å². The molecule has 8 heteroatoms. The lowest BCUT2D eigenvalue weighted by atomic mass is 9.50. The number of anilines is 1. The van der Waals surface area contributed by atoms with Crippen LogP contribution in [0.25, 0.3) is 10.9 Å². The molecule has 2 aromatic heterocycles. The minimum absolute atomic E-state index is 0.163. The van der Waals surface area contributed by atoms with Crippen molar-refractivity contribution in [2.45, 2.75) is 63.3 Å². The quantitative estimate of drug-likeness (QED) is 0.511. The number of fused-ring (bicyclic) bond motifs is 1. The summed E-state index contributed by atoms with van der Waals surface area (Å²) < 4.78 is 0. The number of aromatic amines is 1. The molecule has 4 aliphatic rings. The summed E-state index contributed by atoms with van der Waals surface area (Å²) in [6, 6.07) is 7.28. The molecule has 1 unspecified atom stereocenters. The molecule has 7 rings (SSSR count). The molecule has 4 fully saturated rings. The van der Waals surface area contributed by atoms with Gasteiger partial charge in [-0.2, -0.15) is 0 Å².